The van der Waals surface area contributed by atoms with Crippen molar-refractivity contribution in [1.82, 2.24) is 4.90 Å². The minimum absolute atomic E-state index is 0.0765. The first-order valence-electron chi connectivity index (χ1n) is 8.80. The number of amides is 1. The first kappa shape index (κ1) is 15.5. The van der Waals surface area contributed by atoms with E-state index < -0.39 is 0 Å². The Balaban J connectivity index is 1.86. The van der Waals surface area contributed by atoms with Gasteiger partial charge in [0.05, 0.1) is 5.41 Å². The molecule has 3 rings (SSSR count). The third-order valence-corrected chi connectivity index (χ3v) is 5.68. The van der Waals surface area contributed by atoms with Crippen molar-refractivity contribution in [2.24, 2.45) is 11.1 Å². The van der Waals surface area contributed by atoms with E-state index in [2.05, 4.69) is 35.2 Å². The largest absolute Gasteiger partial charge is 0.369 e. The predicted molar refractivity (Wildman–Crippen MR) is 89.3 cm³/mol. The lowest BCUT2D eigenvalue weighted by atomic mass is 9.69. The van der Waals surface area contributed by atoms with Gasteiger partial charge in [-0.05, 0) is 50.8 Å². The average Bonchev–Trinajstić information content (AvgIpc) is 3.08. The van der Waals surface area contributed by atoms with Gasteiger partial charge in [0.2, 0.25) is 5.91 Å². The smallest absolute Gasteiger partial charge is 0.223 e. The SMILES string of the molecule is NC(=O)C1(CC(c2ccccc2)N2CCCC2)CCCCC1. The monoisotopic (exact) mass is 300 g/mol. The van der Waals surface area contributed by atoms with Crippen molar-refractivity contribution >= 4 is 5.91 Å². The van der Waals surface area contributed by atoms with Crippen molar-refractivity contribution in [2.45, 2.75) is 57.4 Å². The summed E-state index contributed by atoms with van der Waals surface area (Å²) in [7, 11) is 0. The predicted octanol–water partition coefficient (Wildman–Crippen LogP) is 3.65. The Morgan fingerprint density at radius 1 is 1.05 bits per heavy atom. The Bertz CT molecular complexity index is 487. The summed E-state index contributed by atoms with van der Waals surface area (Å²) in [5.41, 5.74) is 6.92. The van der Waals surface area contributed by atoms with Gasteiger partial charge in [-0.3, -0.25) is 9.69 Å². The molecule has 3 nitrogen and oxygen atoms in total. The lowest BCUT2D eigenvalue weighted by Crippen LogP contribution is -2.42. The number of carbonyl (C=O) groups is 1. The summed E-state index contributed by atoms with van der Waals surface area (Å²) in [5.74, 6) is -0.0765. The zero-order valence-corrected chi connectivity index (χ0v) is 13.5. The fraction of sp³-hybridized carbons (Fsp3) is 0.632. The summed E-state index contributed by atoms with van der Waals surface area (Å²) >= 11 is 0. The Morgan fingerprint density at radius 2 is 1.68 bits per heavy atom. The van der Waals surface area contributed by atoms with Gasteiger partial charge in [-0.1, -0.05) is 49.6 Å². The van der Waals surface area contributed by atoms with Gasteiger partial charge in [-0.2, -0.15) is 0 Å². The summed E-state index contributed by atoms with van der Waals surface area (Å²) in [4.78, 5) is 14.8. The van der Waals surface area contributed by atoms with Crippen molar-refractivity contribution in [3.63, 3.8) is 0 Å². The van der Waals surface area contributed by atoms with Crippen LogP contribution in [0.1, 0.15) is 63.0 Å². The van der Waals surface area contributed by atoms with Gasteiger partial charge < -0.3 is 5.73 Å². The third kappa shape index (κ3) is 3.19. The number of rotatable bonds is 5. The summed E-state index contributed by atoms with van der Waals surface area (Å²) in [5, 5.41) is 0. The highest BCUT2D eigenvalue weighted by atomic mass is 16.1. The van der Waals surface area contributed by atoms with Crippen LogP contribution in [0.15, 0.2) is 30.3 Å². The number of hydrogen-bond donors (Lipinski definition) is 1. The molecule has 2 aliphatic rings. The van der Waals surface area contributed by atoms with Crippen molar-refractivity contribution in [3.8, 4) is 0 Å². The molecule has 1 aliphatic heterocycles. The number of likely N-dealkylation sites (tertiary alicyclic amines) is 1. The number of primary amides is 1. The van der Waals surface area contributed by atoms with Crippen LogP contribution in [0, 0.1) is 5.41 Å². The van der Waals surface area contributed by atoms with Gasteiger partial charge in [-0.25, -0.2) is 0 Å². The zero-order chi connectivity index (χ0) is 15.4. The quantitative estimate of drug-likeness (QED) is 0.902. The molecule has 2 N–H and O–H groups in total. The van der Waals surface area contributed by atoms with Crippen LogP contribution in [0.4, 0.5) is 0 Å². The van der Waals surface area contributed by atoms with E-state index in [9.17, 15) is 4.79 Å². The molecule has 1 atom stereocenters. The van der Waals surface area contributed by atoms with Crippen molar-refractivity contribution in [3.05, 3.63) is 35.9 Å². The van der Waals surface area contributed by atoms with Gasteiger partial charge in [-0.15, -0.1) is 0 Å². The van der Waals surface area contributed by atoms with Crippen molar-refractivity contribution in [1.29, 1.82) is 0 Å². The number of nitrogens with zero attached hydrogens (tertiary/aromatic N) is 1. The molecule has 3 heteroatoms. The molecular weight excluding hydrogens is 272 g/mol. The molecule has 120 valence electrons. The lowest BCUT2D eigenvalue weighted by molar-refractivity contribution is -0.131. The van der Waals surface area contributed by atoms with Crippen LogP contribution >= 0.6 is 0 Å². The molecular formula is C19H28N2O. The van der Waals surface area contributed by atoms with Gasteiger partial charge in [0.25, 0.3) is 0 Å². The van der Waals surface area contributed by atoms with Crippen molar-refractivity contribution in [2.75, 3.05) is 13.1 Å². The molecule has 0 radical (unpaired) electrons. The number of carbonyl (C=O) groups excluding carboxylic acids is 1. The second-order valence-corrected chi connectivity index (χ2v) is 7.08. The second kappa shape index (κ2) is 6.82. The van der Waals surface area contributed by atoms with Gasteiger partial charge >= 0.3 is 0 Å². The minimum Gasteiger partial charge on any atom is -0.369 e. The fourth-order valence-electron chi connectivity index (χ4n) is 4.34. The molecule has 0 aromatic heterocycles. The summed E-state index contributed by atoms with van der Waals surface area (Å²) in [6.07, 6.45) is 8.91. The highest BCUT2D eigenvalue weighted by molar-refractivity contribution is 5.81. The van der Waals surface area contributed by atoms with Crippen LogP contribution in [0.2, 0.25) is 0 Å². The number of hydrogen-bond acceptors (Lipinski definition) is 2. The van der Waals surface area contributed by atoms with Crippen LogP contribution in [0.5, 0.6) is 0 Å². The molecule has 1 aliphatic carbocycles. The summed E-state index contributed by atoms with van der Waals surface area (Å²) in [6.45, 7) is 2.29. The van der Waals surface area contributed by atoms with Crippen LogP contribution in [0.3, 0.4) is 0 Å². The van der Waals surface area contributed by atoms with Gasteiger partial charge in [0.15, 0.2) is 0 Å². The molecule has 1 saturated carbocycles. The molecule has 0 spiro atoms. The molecule has 22 heavy (non-hydrogen) atoms. The maximum atomic E-state index is 12.3. The summed E-state index contributed by atoms with van der Waals surface area (Å²) in [6, 6.07) is 11.0. The van der Waals surface area contributed by atoms with Gasteiger partial charge in [0.1, 0.15) is 0 Å². The Morgan fingerprint density at radius 3 is 2.27 bits per heavy atom. The number of nitrogens with two attached hydrogens (primary N) is 1. The van der Waals surface area contributed by atoms with E-state index in [0.717, 1.165) is 45.2 Å². The fourth-order valence-corrected chi connectivity index (χ4v) is 4.34. The molecule has 1 aromatic carbocycles. The molecule has 1 saturated heterocycles. The van der Waals surface area contributed by atoms with E-state index in [-0.39, 0.29) is 11.3 Å². The van der Waals surface area contributed by atoms with Crippen LogP contribution in [0.25, 0.3) is 0 Å². The number of benzene rings is 1. The first-order valence-corrected chi connectivity index (χ1v) is 8.80. The van der Waals surface area contributed by atoms with E-state index in [0.29, 0.717) is 6.04 Å². The van der Waals surface area contributed by atoms with E-state index in [1.807, 2.05) is 0 Å². The van der Waals surface area contributed by atoms with E-state index in [1.165, 1.54) is 24.8 Å². The van der Waals surface area contributed by atoms with Gasteiger partial charge in [0, 0.05) is 6.04 Å². The van der Waals surface area contributed by atoms with E-state index in [1.54, 1.807) is 0 Å². The normalized spacial score (nSPS) is 23.3. The van der Waals surface area contributed by atoms with Crippen LogP contribution in [-0.4, -0.2) is 23.9 Å². The molecule has 1 heterocycles. The van der Waals surface area contributed by atoms with Crippen LogP contribution in [-0.2, 0) is 4.79 Å². The maximum Gasteiger partial charge on any atom is 0.223 e. The maximum absolute atomic E-state index is 12.3. The Labute approximate surface area is 133 Å². The Kier molecular flexibility index (Phi) is 4.82. The third-order valence-electron chi connectivity index (χ3n) is 5.68. The molecule has 1 unspecified atom stereocenters. The standard InChI is InChI=1S/C19H28N2O/c20-18(22)19(11-5-2-6-12-19)15-17(21-13-7-8-14-21)16-9-3-1-4-10-16/h1,3-4,9-10,17H,2,5-8,11-15H2,(H2,20,22). The van der Waals surface area contributed by atoms with Crippen LogP contribution < -0.4 is 5.73 Å². The highest BCUT2D eigenvalue weighted by Gasteiger charge is 2.41. The summed E-state index contributed by atoms with van der Waals surface area (Å²) < 4.78 is 0. The topological polar surface area (TPSA) is 46.3 Å². The second-order valence-electron chi connectivity index (χ2n) is 7.08. The molecule has 1 amide bonds. The molecule has 1 aromatic rings. The highest BCUT2D eigenvalue weighted by Crippen LogP contribution is 2.45. The molecule has 2 fully saturated rings. The zero-order valence-electron chi connectivity index (χ0n) is 13.5. The first-order chi connectivity index (χ1) is 10.7. The Hall–Kier alpha value is -1.35. The molecule has 0 bridgehead atoms. The lowest BCUT2D eigenvalue weighted by Gasteiger charge is -2.40. The van der Waals surface area contributed by atoms with E-state index in [4.69, 9.17) is 5.73 Å². The minimum atomic E-state index is -0.290. The van der Waals surface area contributed by atoms with E-state index >= 15 is 0 Å². The average molecular weight is 300 g/mol. The van der Waals surface area contributed by atoms with Crippen molar-refractivity contribution < 1.29 is 4.79 Å².